The van der Waals surface area contributed by atoms with Gasteiger partial charge in [-0.3, -0.25) is 14.9 Å². The van der Waals surface area contributed by atoms with Crippen LogP contribution in [0.5, 0.6) is 0 Å². The van der Waals surface area contributed by atoms with Crippen LogP contribution in [-0.2, 0) is 17.5 Å². The van der Waals surface area contributed by atoms with Crippen molar-refractivity contribution in [2.45, 2.75) is 12.7 Å². The Bertz CT molecular complexity index is 862. The smallest absolute Gasteiger partial charge is 0.416 e. The van der Waals surface area contributed by atoms with Gasteiger partial charge < -0.3 is 19.5 Å². The lowest BCUT2D eigenvalue weighted by atomic mass is 10.1. The van der Waals surface area contributed by atoms with Crippen molar-refractivity contribution in [2.75, 3.05) is 37.6 Å². The van der Waals surface area contributed by atoms with Crippen LogP contribution in [0.1, 0.15) is 11.3 Å². The first kappa shape index (κ1) is 20.6. The summed E-state index contributed by atoms with van der Waals surface area (Å²) in [6.07, 6.45) is -3.12. The second-order valence-corrected chi connectivity index (χ2v) is 6.73. The van der Waals surface area contributed by atoms with Crippen molar-refractivity contribution in [1.29, 1.82) is 0 Å². The van der Waals surface area contributed by atoms with Gasteiger partial charge in [-0.1, -0.05) is 0 Å². The average molecular weight is 413 g/mol. The number of hydrogen-bond acceptors (Lipinski definition) is 5. The van der Waals surface area contributed by atoms with Crippen LogP contribution in [0.25, 0.3) is 0 Å². The Morgan fingerprint density at radius 3 is 2.59 bits per heavy atom. The molecule has 11 heteroatoms. The lowest BCUT2D eigenvalue weighted by Gasteiger charge is -2.33. The quantitative estimate of drug-likeness (QED) is 0.549. The molecule has 0 atom stereocenters. The van der Waals surface area contributed by atoms with Crippen molar-refractivity contribution in [2.24, 2.45) is 0 Å². The first-order valence-electron chi connectivity index (χ1n) is 8.97. The van der Waals surface area contributed by atoms with Gasteiger partial charge in [0.1, 0.15) is 11.4 Å². The van der Waals surface area contributed by atoms with E-state index in [-0.39, 0.29) is 18.1 Å². The van der Waals surface area contributed by atoms with Crippen LogP contribution in [0.4, 0.5) is 24.5 Å². The number of rotatable bonds is 6. The molecule has 2 heterocycles. The molecule has 8 nitrogen and oxygen atoms in total. The largest absolute Gasteiger partial charge is 0.467 e. The summed E-state index contributed by atoms with van der Waals surface area (Å²) >= 11 is 0. The molecule has 2 aromatic rings. The summed E-state index contributed by atoms with van der Waals surface area (Å²) in [5, 5.41) is 14.0. The van der Waals surface area contributed by atoms with Crippen molar-refractivity contribution in [3.8, 4) is 0 Å². The van der Waals surface area contributed by atoms with Crippen molar-refractivity contribution in [3.63, 3.8) is 0 Å². The van der Waals surface area contributed by atoms with Crippen molar-refractivity contribution in [3.05, 3.63) is 58.0 Å². The van der Waals surface area contributed by atoms with E-state index in [1.165, 1.54) is 6.26 Å². The third kappa shape index (κ3) is 5.25. The van der Waals surface area contributed by atoms with Gasteiger partial charge in [0.2, 0.25) is 0 Å². The van der Waals surface area contributed by atoms with Gasteiger partial charge in [0.25, 0.3) is 11.6 Å². The van der Waals surface area contributed by atoms with E-state index in [1.807, 2.05) is 0 Å². The fourth-order valence-electron chi connectivity index (χ4n) is 3.24. The van der Waals surface area contributed by atoms with Crippen LogP contribution >= 0.6 is 0 Å². The van der Waals surface area contributed by atoms with Crippen LogP contribution in [0.15, 0.2) is 41.0 Å². The Labute approximate surface area is 164 Å². The minimum absolute atomic E-state index is 0.148. The summed E-state index contributed by atoms with van der Waals surface area (Å²) in [5.74, 6) is 0.498. The summed E-state index contributed by atoms with van der Waals surface area (Å²) in [6.45, 7) is 2.39. The third-order valence-corrected chi connectivity index (χ3v) is 4.76. The summed E-state index contributed by atoms with van der Waals surface area (Å²) in [5.41, 5.74) is -1.46. The number of quaternary nitrogens is 1. The highest BCUT2D eigenvalue weighted by Crippen LogP contribution is 2.36. The standard InChI is InChI=1S/C18H19F3N4O4/c19-18(20,21)13-3-4-15(16(10-13)25(27)28)24-7-5-23(6-8-24)12-17(26)22-11-14-2-1-9-29-14/h1-4,9-10H,5-8,11-12H2,(H,22,26)/p+1. The van der Waals surface area contributed by atoms with Crippen LogP contribution in [0.3, 0.4) is 0 Å². The SMILES string of the molecule is O=C(C[NH+]1CCN(c2ccc(C(F)(F)F)cc2[N+](=O)[O-])CC1)NCc1ccco1. The lowest BCUT2D eigenvalue weighted by molar-refractivity contribution is -0.892. The van der Waals surface area contributed by atoms with Gasteiger partial charge in [0.15, 0.2) is 6.54 Å². The second-order valence-electron chi connectivity index (χ2n) is 6.73. The van der Waals surface area contributed by atoms with Gasteiger partial charge >= 0.3 is 6.18 Å². The number of piperazine rings is 1. The maximum absolute atomic E-state index is 12.8. The Morgan fingerprint density at radius 1 is 1.28 bits per heavy atom. The first-order chi connectivity index (χ1) is 13.7. The molecule has 1 aromatic heterocycles. The summed E-state index contributed by atoms with van der Waals surface area (Å²) in [6, 6.07) is 6.04. The monoisotopic (exact) mass is 413 g/mol. The molecule has 29 heavy (non-hydrogen) atoms. The van der Waals surface area contributed by atoms with Gasteiger partial charge in [-0.15, -0.1) is 0 Å². The minimum Gasteiger partial charge on any atom is -0.467 e. The Balaban J connectivity index is 1.57. The van der Waals surface area contributed by atoms with E-state index < -0.39 is 22.4 Å². The number of nitro benzene ring substituents is 1. The molecule has 3 rings (SSSR count). The maximum atomic E-state index is 12.8. The number of halogens is 3. The molecule has 0 spiro atoms. The number of benzene rings is 1. The molecule has 0 saturated carbocycles. The zero-order valence-electron chi connectivity index (χ0n) is 15.4. The van der Waals surface area contributed by atoms with Gasteiger partial charge in [0.05, 0.1) is 49.5 Å². The summed E-state index contributed by atoms with van der Waals surface area (Å²) < 4.78 is 43.7. The maximum Gasteiger partial charge on any atom is 0.416 e. The highest BCUT2D eigenvalue weighted by atomic mass is 19.4. The number of nitrogens with zero attached hydrogens (tertiary/aromatic N) is 2. The molecule has 0 bridgehead atoms. The number of anilines is 1. The fourth-order valence-corrected chi connectivity index (χ4v) is 3.24. The van der Waals surface area contributed by atoms with Crippen molar-refractivity contribution in [1.82, 2.24) is 5.32 Å². The summed E-state index contributed by atoms with van der Waals surface area (Å²) in [7, 11) is 0. The molecule has 1 aliphatic heterocycles. The van der Waals surface area contributed by atoms with E-state index in [0.29, 0.717) is 44.6 Å². The van der Waals surface area contributed by atoms with E-state index >= 15 is 0 Å². The number of nitro groups is 1. The normalized spacial score (nSPS) is 15.3. The lowest BCUT2D eigenvalue weighted by Crippen LogP contribution is -3.15. The highest BCUT2D eigenvalue weighted by Gasteiger charge is 2.34. The zero-order valence-corrected chi connectivity index (χ0v) is 15.4. The number of furan rings is 1. The van der Waals surface area contributed by atoms with Crippen LogP contribution in [-0.4, -0.2) is 43.6 Å². The molecule has 1 amide bonds. The molecule has 2 N–H and O–H groups in total. The predicted molar refractivity (Wildman–Crippen MR) is 96.4 cm³/mol. The molecule has 0 unspecified atom stereocenters. The van der Waals surface area contributed by atoms with E-state index in [4.69, 9.17) is 4.42 Å². The zero-order chi connectivity index (χ0) is 21.0. The average Bonchev–Trinajstić information content (AvgIpc) is 3.19. The molecule has 1 aliphatic rings. The fraction of sp³-hybridized carbons (Fsp3) is 0.389. The molecule has 0 aliphatic carbocycles. The molecule has 1 saturated heterocycles. The Hall–Kier alpha value is -3.08. The molecular formula is C18H20F3N4O4+. The number of hydrogen-bond donors (Lipinski definition) is 2. The predicted octanol–water partition coefficient (Wildman–Crippen LogP) is 1.23. The number of alkyl halides is 3. The number of carbonyl (C=O) groups excluding carboxylic acids is 1. The van der Waals surface area contributed by atoms with E-state index in [1.54, 1.807) is 17.0 Å². The van der Waals surface area contributed by atoms with Crippen LogP contribution in [0, 0.1) is 10.1 Å². The van der Waals surface area contributed by atoms with Crippen molar-refractivity contribution < 1.29 is 32.2 Å². The first-order valence-corrected chi connectivity index (χ1v) is 8.97. The number of carbonyl (C=O) groups is 1. The molecule has 156 valence electrons. The number of nitrogens with one attached hydrogen (secondary N) is 2. The third-order valence-electron chi connectivity index (χ3n) is 4.76. The molecule has 1 aromatic carbocycles. The molecule has 0 radical (unpaired) electrons. The second kappa shape index (κ2) is 8.52. The van der Waals surface area contributed by atoms with Gasteiger partial charge in [-0.05, 0) is 24.3 Å². The Morgan fingerprint density at radius 2 is 2.00 bits per heavy atom. The van der Waals surface area contributed by atoms with Crippen molar-refractivity contribution >= 4 is 17.3 Å². The molecular weight excluding hydrogens is 393 g/mol. The van der Waals surface area contributed by atoms with Gasteiger partial charge in [-0.25, -0.2) is 0 Å². The van der Waals surface area contributed by atoms with E-state index in [0.717, 1.165) is 17.0 Å². The van der Waals surface area contributed by atoms with Gasteiger partial charge in [-0.2, -0.15) is 13.2 Å². The van der Waals surface area contributed by atoms with Crippen LogP contribution in [0.2, 0.25) is 0 Å². The van der Waals surface area contributed by atoms with Crippen LogP contribution < -0.4 is 15.1 Å². The van der Waals surface area contributed by atoms with Gasteiger partial charge in [0, 0.05) is 6.07 Å². The Kier molecular flexibility index (Phi) is 6.06. The topological polar surface area (TPSA) is 93.1 Å². The van der Waals surface area contributed by atoms with E-state index in [9.17, 15) is 28.1 Å². The number of amides is 1. The highest BCUT2D eigenvalue weighted by molar-refractivity contribution is 5.76. The summed E-state index contributed by atoms with van der Waals surface area (Å²) in [4.78, 5) is 25.2. The minimum atomic E-state index is -4.64. The van der Waals surface area contributed by atoms with E-state index in [2.05, 4.69) is 5.32 Å². The molecule has 1 fully saturated rings.